The first-order valence-electron chi connectivity index (χ1n) is 6.44. The van der Waals surface area contributed by atoms with Gasteiger partial charge in [0.15, 0.2) is 11.1 Å². The van der Waals surface area contributed by atoms with E-state index in [1.807, 2.05) is 4.57 Å². The van der Waals surface area contributed by atoms with Crippen LogP contribution in [0.25, 0.3) is 16.9 Å². The zero-order valence-corrected chi connectivity index (χ0v) is 12.2. The molecule has 3 rings (SSSR count). The fraction of sp³-hybridized carbons (Fsp3) is 0.0667. The van der Waals surface area contributed by atoms with Gasteiger partial charge in [-0.1, -0.05) is 0 Å². The first-order chi connectivity index (χ1) is 10.6. The Kier molecular flexibility index (Phi) is 4.08. The molecule has 0 bridgehead atoms. The molecule has 112 valence electrons. The van der Waals surface area contributed by atoms with Gasteiger partial charge in [-0.05, 0) is 36.4 Å². The molecule has 3 aromatic rings. The molecule has 0 saturated carbocycles. The molecule has 0 aliphatic rings. The van der Waals surface area contributed by atoms with E-state index in [0.717, 1.165) is 16.9 Å². The minimum absolute atomic E-state index is 0.00493. The van der Waals surface area contributed by atoms with Crippen LogP contribution in [0.5, 0.6) is 0 Å². The minimum Gasteiger partial charge on any atom is -0.306 e. The van der Waals surface area contributed by atoms with Crippen LogP contribution in [-0.4, -0.2) is 23.3 Å². The molecule has 7 heteroatoms. The summed E-state index contributed by atoms with van der Waals surface area (Å²) in [5.74, 6) is -0.299. The van der Waals surface area contributed by atoms with Crippen molar-refractivity contribution < 1.29 is 13.2 Å². The first kappa shape index (κ1) is 14.6. The zero-order chi connectivity index (χ0) is 15.5. The van der Waals surface area contributed by atoms with Crippen molar-refractivity contribution in [3.05, 3.63) is 66.6 Å². The molecule has 22 heavy (non-hydrogen) atoms. The van der Waals surface area contributed by atoms with Crippen molar-refractivity contribution in [1.82, 2.24) is 14.5 Å². The largest absolute Gasteiger partial charge is 0.306 e. The predicted molar refractivity (Wildman–Crippen MR) is 81.2 cm³/mol. The maximum Gasteiger partial charge on any atom is 0.158 e. The van der Waals surface area contributed by atoms with E-state index in [9.17, 15) is 8.60 Å². The van der Waals surface area contributed by atoms with Gasteiger partial charge in [-0.2, -0.15) is 0 Å². The van der Waals surface area contributed by atoms with Gasteiger partial charge in [0.25, 0.3) is 0 Å². The zero-order valence-electron chi connectivity index (χ0n) is 11.4. The molecule has 1 N–H and O–H groups in total. The minimum atomic E-state index is -1.91. The highest BCUT2D eigenvalue weighted by Crippen LogP contribution is 2.22. The summed E-state index contributed by atoms with van der Waals surface area (Å²) in [5, 5.41) is 0. The van der Waals surface area contributed by atoms with E-state index in [2.05, 4.69) is 9.97 Å². The van der Waals surface area contributed by atoms with Crippen LogP contribution >= 0.6 is 0 Å². The molecule has 0 radical (unpaired) electrons. The number of halogens is 1. The quantitative estimate of drug-likeness (QED) is 0.751. The van der Waals surface area contributed by atoms with Crippen molar-refractivity contribution in [3.8, 4) is 16.9 Å². The third kappa shape index (κ3) is 3.10. The molecule has 1 unspecified atom stereocenters. The van der Waals surface area contributed by atoms with Crippen LogP contribution in [0.15, 0.2) is 55.1 Å². The van der Waals surface area contributed by atoms with Crippen molar-refractivity contribution in [2.24, 2.45) is 0 Å². The van der Waals surface area contributed by atoms with Gasteiger partial charge in [0.05, 0.1) is 41.5 Å². The highest BCUT2D eigenvalue weighted by atomic mass is 32.2. The number of nitrogens with zero attached hydrogens (tertiary/aromatic N) is 3. The van der Waals surface area contributed by atoms with Crippen LogP contribution in [0.3, 0.4) is 0 Å². The smallest absolute Gasteiger partial charge is 0.158 e. The molecule has 1 aromatic carbocycles. The molecule has 0 aliphatic heterocycles. The summed E-state index contributed by atoms with van der Waals surface area (Å²) in [7, 11) is 0. The summed E-state index contributed by atoms with van der Waals surface area (Å²) < 4.78 is 34.5. The molecular formula is C15H12FN3O2S. The lowest BCUT2D eigenvalue weighted by Gasteiger charge is -2.08. The number of pyridine rings is 1. The van der Waals surface area contributed by atoms with Crippen LogP contribution in [0.4, 0.5) is 4.39 Å². The molecule has 2 aromatic heterocycles. The van der Waals surface area contributed by atoms with Gasteiger partial charge in [0.1, 0.15) is 5.82 Å². The Balaban J connectivity index is 1.94. The fourth-order valence-electron chi connectivity index (χ4n) is 2.11. The SMILES string of the molecule is O=S(O)Cc1ccc(-n2cncc2-c2ccc(F)cc2)cn1. The van der Waals surface area contributed by atoms with E-state index >= 15 is 0 Å². The molecule has 0 spiro atoms. The Bertz CT molecular complexity index is 800. The molecule has 0 amide bonds. The van der Waals surface area contributed by atoms with E-state index in [1.54, 1.807) is 43.0 Å². The van der Waals surface area contributed by atoms with Crippen LogP contribution < -0.4 is 0 Å². The summed E-state index contributed by atoms with van der Waals surface area (Å²) in [6.07, 6.45) is 4.93. The third-order valence-corrected chi connectivity index (χ3v) is 3.68. The normalized spacial score (nSPS) is 12.3. The Morgan fingerprint density at radius 2 is 1.91 bits per heavy atom. The van der Waals surface area contributed by atoms with Gasteiger partial charge in [-0.15, -0.1) is 0 Å². The number of aromatic nitrogens is 3. The van der Waals surface area contributed by atoms with E-state index in [4.69, 9.17) is 4.55 Å². The molecule has 0 aliphatic carbocycles. The Morgan fingerprint density at radius 3 is 2.55 bits per heavy atom. The highest BCUT2D eigenvalue weighted by Gasteiger charge is 2.08. The lowest BCUT2D eigenvalue weighted by Crippen LogP contribution is -2.00. The summed E-state index contributed by atoms with van der Waals surface area (Å²) in [6.45, 7) is 0. The van der Waals surface area contributed by atoms with E-state index in [1.165, 1.54) is 12.1 Å². The van der Waals surface area contributed by atoms with Crippen LogP contribution in [0.2, 0.25) is 0 Å². The number of hydrogen-bond donors (Lipinski definition) is 1. The van der Waals surface area contributed by atoms with E-state index in [0.29, 0.717) is 5.69 Å². The molecule has 2 heterocycles. The van der Waals surface area contributed by atoms with Crippen LogP contribution in [0.1, 0.15) is 5.69 Å². The van der Waals surface area contributed by atoms with Crippen molar-refractivity contribution in [2.75, 3.05) is 0 Å². The number of benzene rings is 1. The van der Waals surface area contributed by atoms with Crippen LogP contribution in [-0.2, 0) is 16.8 Å². The predicted octanol–water partition coefficient (Wildman–Crippen LogP) is 2.80. The highest BCUT2D eigenvalue weighted by molar-refractivity contribution is 7.78. The van der Waals surface area contributed by atoms with Gasteiger partial charge >= 0.3 is 0 Å². The van der Waals surface area contributed by atoms with Gasteiger partial charge in [-0.25, -0.2) is 13.6 Å². The second-order valence-corrected chi connectivity index (χ2v) is 5.56. The average Bonchev–Trinajstić information content (AvgIpc) is 2.97. The second-order valence-electron chi connectivity index (χ2n) is 4.63. The first-order valence-corrected chi connectivity index (χ1v) is 7.72. The summed E-state index contributed by atoms with van der Waals surface area (Å²) in [5.41, 5.74) is 2.94. The number of hydrogen-bond acceptors (Lipinski definition) is 3. The summed E-state index contributed by atoms with van der Waals surface area (Å²) in [6, 6.07) is 9.63. The van der Waals surface area contributed by atoms with Crippen molar-refractivity contribution in [2.45, 2.75) is 5.75 Å². The van der Waals surface area contributed by atoms with Crippen molar-refractivity contribution >= 4 is 11.1 Å². The number of rotatable bonds is 4. The van der Waals surface area contributed by atoms with Gasteiger partial charge in [0, 0.05) is 5.56 Å². The molecule has 0 fully saturated rings. The molecular weight excluding hydrogens is 305 g/mol. The maximum absolute atomic E-state index is 13.0. The van der Waals surface area contributed by atoms with Gasteiger partial charge < -0.3 is 4.55 Å². The standard InChI is InChI=1S/C15H12FN3O2S/c16-12-3-1-11(2-4-12)15-8-17-10-19(15)14-6-5-13(18-7-14)9-22(20)21/h1-8,10H,9H2,(H,20,21). The lowest BCUT2D eigenvalue weighted by atomic mass is 10.1. The Morgan fingerprint density at radius 1 is 1.14 bits per heavy atom. The van der Waals surface area contributed by atoms with Gasteiger partial charge in [-0.3, -0.25) is 9.55 Å². The fourth-order valence-corrected chi connectivity index (χ4v) is 2.53. The average molecular weight is 317 g/mol. The van der Waals surface area contributed by atoms with Crippen molar-refractivity contribution in [1.29, 1.82) is 0 Å². The summed E-state index contributed by atoms with van der Waals surface area (Å²) in [4.78, 5) is 8.28. The molecule has 5 nitrogen and oxygen atoms in total. The van der Waals surface area contributed by atoms with Crippen molar-refractivity contribution in [3.63, 3.8) is 0 Å². The molecule has 0 saturated heterocycles. The molecule has 1 atom stereocenters. The Hall–Kier alpha value is -2.38. The third-order valence-electron chi connectivity index (χ3n) is 3.14. The second kappa shape index (κ2) is 6.17. The van der Waals surface area contributed by atoms with Gasteiger partial charge in [0.2, 0.25) is 0 Å². The van der Waals surface area contributed by atoms with E-state index < -0.39 is 11.1 Å². The van der Waals surface area contributed by atoms with E-state index in [-0.39, 0.29) is 11.6 Å². The Labute approximate surface area is 128 Å². The summed E-state index contributed by atoms with van der Waals surface area (Å²) >= 11 is -1.91. The maximum atomic E-state index is 13.0. The topological polar surface area (TPSA) is 68.0 Å². The van der Waals surface area contributed by atoms with Crippen LogP contribution in [0, 0.1) is 5.82 Å². The lowest BCUT2D eigenvalue weighted by molar-refractivity contribution is 0.563. The monoisotopic (exact) mass is 317 g/mol. The number of imidazole rings is 1.